The molecule has 2 N–H and O–H groups in total. The number of benzene rings is 3. The Bertz CT molecular complexity index is 1020. The van der Waals surface area contributed by atoms with Crippen molar-refractivity contribution in [3.63, 3.8) is 0 Å². The molecule has 0 heterocycles. The quantitative estimate of drug-likeness (QED) is 0.498. The first-order valence-corrected chi connectivity index (χ1v) is 9.61. The molecule has 0 aliphatic carbocycles. The van der Waals surface area contributed by atoms with Crippen LogP contribution in [0.25, 0.3) is 0 Å². The number of carboxylic acids is 1. The van der Waals surface area contributed by atoms with Crippen LogP contribution in [-0.4, -0.2) is 18.2 Å². The summed E-state index contributed by atoms with van der Waals surface area (Å²) in [5.41, 5.74) is 2.77. The number of hydrogen-bond acceptors (Lipinski definition) is 4. The highest BCUT2D eigenvalue weighted by molar-refractivity contribution is 6.31. The smallest absolute Gasteiger partial charge is 0.335 e. The number of aromatic carboxylic acids is 1. The maximum absolute atomic E-state index is 13.3. The van der Waals surface area contributed by atoms with Gasteiger partial charge in [-0.1, -0.05) is 41.9 Å². The summed E-state index contributed by atoms with van der Waals surface area (Å²) in [7, 11) is 1.56. The molecule has 0 spiro atoms. The SMILES string of the molecule is COc1cccc(CNCc2ccc(C(=O)O)cc2)c1OCc1ccc(F)cc1Cl. The second-order valence-electron chi connectivity index (χ2n) is 6.58. The molecule has 3 aromatic carbocycles. The number of carbonyl (C=O) groups is 1. The molecule has 0 aromatic heterocycles. The van der Waals surface area contributed by atoms with E-state index in [4.69, 9.17) is 26.2 Å². The molecule has 0 atom stereocenters. The summed E-state index contributed by atoms with van der Waals surface area (Å²) >= 11 is 6.09. The normalized spacial score (nSPS) is 10.6. The van der Waals surface area contributed by atoms with Crippen LogP contribution >= 0.6 is 11.6 Å². The van der Waals surface area contributed by atoms with Crippen LogP contribution in [0, 0.1) is 5.82 Å². The first-order chi connectivity index (χ1) is 14.5. The fourth-order valence-corrected chi connectivity index (χ4v) is 3.14. The summed E-state index contributed by atoms with van der Waals surface area (Å²) in [6, 6.07) is 16.5. The van der Waals surface area contributed by atoms with E-state index in [2.05, 4.69) is 5.32 Å². The molecule has 3 aromatic rings. The average molecular weight is 430 g/mol. The van der Waals surface area contributed by atoms with Gasteiger partial charge in [0.25, 0.3) is 0 Å². The Balaban J connectivity index is 1.67. The minimum absolute atomic E-state index is 0.170. The molecule has 156 valence electrons. The lowest BCUT2D eigenvalue weighted by atomic mass is 10.1. The Kier molecular flexibility index (Phi) is 7.27. The van der Waals surface area contributed by atoms with Gasteiger partial charge in [-0.15, -0.1) is 0 Å². The zero-order valence-corrected chi connectivity index (χ0v) is 17.1. The van der Waals surface area contributed by atoms with Crippen molar-refractivity contribution in [1.82, 2.24) is 5.32 Å². The van der Waals surface area contributed by atoms with E-state index in [1.165, 1.54) is 12.1 Å². The summed E-state index contributed by atoms with van der Waals surface area (Å²) in [5, 5.41) is 12.6. The Labute approximate surface area is 179 Å². The molecule has 0 amide bonds. The third kappa shape index (κ3) is 5.49. The molecule has 0 unspecified atom stereocenters. The first-order valence-electron chi connectivity index (χ1n) is 9.23. The van der Waals surface area contributed by atoms with E-state index in [9.17, 15) is 9.18 Å². The molecule has 0 saturated heterocycles. The van der Waals surface area contributed by atoms with Gasteiger partial charge >= 0.3 is 5.97 Å². The van der Waals surface area contributed by atoms with E-state index in [-0.39, 0.29) is 12.2 Å². The van der Waals surface area contributed by atoms with Crippen LogP contribution in [0.4, 0.5) is 4.39 Å². The largest absolute Gasteiger partial charge is 0.493 e. The molecule has 0 aliphatic heterocycles. The van der Waals surface area contributed by atoms with Crippen molar-refractivity contribution in [3.05, 3.63) is 93.8 Å². The molecule has 0 bridgehead atoms. The first kappa shape index (κ1) is 21.6. The summed E-state index contributed by atoms with van der Waals surface area (Å²) in [6.07, 6.45) is 0. The van der Waals surface area contributed by atoms with E-state index < -0.39 is 11.8 Å². The second kappa shape index (κ2) is 10.1. The Morgan fingerprint density at radius 1 is 1.07 bits per heavy atom. The fraction of sp³-hybridized carbons (Fsp3) is 0.174. The maximum atomic E-state index is 13.3. The zero-order chi connectivity index (χ0) is 21.5. The van der Waals surface area contributed by atoms with Gasteiger partial charge in [-0.2, -0.15) is 0 Å². The number of halogens is 2. The van der Waals surface area contributed by atoms with Crippen molar-refractivity contribution in [3.8, 4) is 11.5 Å². The van der Waals surface area contributed by atoms with Crippen LogP contribution in [0.1, 0.15) is 27.0 Å². The maximum Gasteiger partial charge on any atom is 0.335 e. The third-order valence-corrected chi connectivity index (χ3v) is 4.86. The molecule has 0 radical (unpaired) electrons. The highest BCUT2D eigenvalue weighted by Crippen LogP contribution is 2.32. The number of methoxy groups -OCH3 is 1. The van der Waals surface area contributed by atoms with Gasteiger partial charge < -0.3 is 19.9 Å². The summed E-state index contributed by atoms with van der Waals surface area (Å²) in [6.45, 7) is 1.23. The highest BCUT2D eigenvalue weighted by Gasteiger charge is 2.12. The van der Waals surface area contributed by atoms with E-state index in [1.54, 1.807) is 43.5 Å². The van der Waals surface area contributed by atoms with Gasteiger partial charge in [0.05, 0.1) is 17.7 Å². The van der Waals surface area contributed by atoms with Crippen LogP contribution < -0.4 is 14.8 Å². The van der Waals surface area contributed by atoms with Crippen LogP contribution in [0.3, 0.4) is 0 Å². The lowest BCUT2D eigenvalue weighted by Gasteiger charge is -2.16. The van der Waals surface area contributed by atoms with Crippen LogP contribution in [0.15, 0.2) is 60.7 Å². The van der Waals surface area contributed by atoms with Gasteiger partial charge in [0.1, 0.15) is 12.4 Å². The predicted molar refractivity (Wildman–Crippen MR) is 113 cm³/mol. The molecule has 0 saturated carbocycles. The van der Waals surface area contributed by atoms with Gasteiger partial charge in [0, 0.05) is 24.2 Å². The van der Waals surface area contributed by atoms with Crippen molar-refractivity contribution in [2.45, 2.75) is 19.7 Å². The van der Waals surface area contributed by atoms with Gasteiger partial charge in [-0.05, 0) is 35.9 Å². The summed E-state index contributed by atoms with van der Waals surface area (Å²) in [5.74, 6) is -0.191. The molecule has 30 heavy (non-hydrogen) atoms. The number of rotatable bonds is 9. The molecule has 7 heteroatoms. The number of nitrogens with one attached hydrogen (secondary N) is 1. The van der Waals surface area contributed by atoms with Crippen molar-refractivity contribution in [2.24, 2.45) is 0 Å². The Morgan fingerprint density at radius 2 is 1.83 bits per heavy atom. The zero-order valence-electron chi connectivity index (χ0n) is 16.3. The molecule has 3 rings (SSSR count). The molecule has 5 nitrogen and oxygen atoms in total. The van der Waals surface area contributed by atoms with Crippen molar-refractivity contribution in [1.29, 1.82) is 0 Å². The lowest BCUT2D eigenvalue weighted by Crippen LogP contribution is -2.14. The van der Waals surface area contributed by atoms with E-state index in [0.29, 0.717) is 35.2 Å². The van der Waals surface area contributed by atoms with Crippen LogP contribution in [0.5, 0.6) is 11.5 Å². The average Bonchev–Trinajstić information content (AvgIpc) is 2.74. The number of carboxylic acid groups (broad SMARTS) is 1. The van der Waals surface area contributed by atoms with Gasteiger partial charge in [0.15, 0.2) is 11.5 Å². The Morgan fingerprint density at radius 3 is 2.50 bits per heavy atom. The second-order valence-corrected chi connectivity index (χ2v) is 6.99. The van der Waals surface area contributed by atoms with Crippen LogP contribution in [-0.2, 0) is 19.7 Å². The predicted octanol–water partition coefficient (Wildman–Crippen LogP) is 5.05. The topological polar surface area (TPSA) is 67.8 Å². The highest BCUT2D eigenvalue weighted by atomic mass is 35.5. The molecule has 0 fully saturated rings. The number of para-hydroxylation sites is 1. The molecule has 0 aliphatic rings. The summed E-state index contributed by atoms with van der Waals surface area (Å²) in [4.78, 5) is 10.9. The van der Waals surface area contributed by atoms with Crippen LogP contribution in [0.2, 0.25) is 5.02 Å². The fourth-order valence-electron chi connectivity index (χ4n) is 2.92. The lowest BCUT2D eigenvalue weighted by molar-refractivity contribution is 0.0697. The minimum Gasteiger partial charge on any atom is -0.493 e. The van der Waals surface area contributed by atoms with Gasteiger partial charge in [0.2, 0.25) is 0 Å². The monoisotopic (exact) mass is 429 g/mol. The van der Waals surface area contributed by atoms with E-state index >= 15 is 0 Å². The molecular weight excluding hydrogens is 409 g/mol. The number of hydrogen-bond donors (Lipinski definition) is 2. The van der Waals surface area contributed by atoms with Crippen molar-refractivity contribution >= 4 is 17.6 Å². The Hall–Kier alpha value is -3.09. The van der Waals surface area contributed by atoms with Crippen molar-refractivity contribution in [2.75, 3.05) is 7.11 Å². The van der Waals surface area contributed by atoms with Gasteiger partial charge in [-0.25, -0.2) is 9.18 Å². The van der Waals surface area contributed by atoms with Gasteiger partial charge in [-0.3, -0.25) is 0 Å². The third-order valence-electron chi connectivity index (χ3n) is 4.51. The standard InChI is InChI=1S/C23H21ClFNO4/c1-29-21-4-2-3-17(13-26-12-15-5-7-16(8-6-15)23(27)28)22(21)30-14-18-9-10-19(25)11-20(18)24/h2-11,26H,12-14H2,1H3,(H,27,28). The summed E-state index contributed by atoms with van der Waals surface area (Å²) < 4.78 is 24.6. The minimum atomic E-state index is -0.950. The van der Waals surface area contributed by atoms with E-state index in [1.807, 2.05) is 12.1 Å². The molecular formula is C23H21ClFNO4. The number of ether oxygens (including phenoxy) is 2. The van der Waals surface area contributed by atoms with Crippen molar-refractivity contribution < 1.29 is 23.8 Å². The van der Waals surface area contributed by atoms with E-state index in [0.717, 1.165) is 11.1 Å².